The highest BCUT2D eigenvalue weighted by molar-refractivity contribution is 5.99. The summed E-state index contributed by atoms with van der Waals surface area (Å²) < 4.78 is 1.66. The topological polar surface area (TPSA) is 88.6 Å². The van der Waals surface area contributed by atoms with Crippen LogP contribution >= 0.6 is 0 Å². The molecule has 3 N–H and O–H groups in total. The largest absolute Gasteiger partial charge is 0.390 e. The number of hydrogen-bond acceptors (Lipinski definition) is 3. The maximum atomic E-state index is 13.0. The number of aryl methyl sites for hydroxylation is 1. The van der Waals surface area contributed by atoms with Gasteiger partial charge in [-0.15, -0.1) is 0 Å². The lowest BCUT2D eigenvalue weighted by Gasteiger charge is -2.43. The van der Waals surface area contributed by atoms with E-state index in [1.54, 1.807) is 23.9 Å². The van der Waals surface area contributed by atoms with Crippen molar-refractivity contribution in [2.45, 2.75) is 57.1 Å². The van der Waals surface area contributed by atoms with Crippen molar-refractivity contribution in [1.82, 2.24) is 9.47 Å². The van der Waals surface area contributed by atoms with Gasteiger partial charge in [0.2, 0.25) is 5.91 Å². The van der Waals surface area contributed by atoms with Crippen molar-refractivity contribution in [3.63, 3.8) is 0 Å². The summed E-state index contributed by atoms with van der Waals surface area (Å²) in [4.78, 5) is 26.3. The number of aromatic nitrogens is 1. The van der Waals surface area contributed by atoms with Crippen LogP contribution in [0.5, 0.6) is 0 Å². The SMILES string of the molecule is Cn1cc(C(N)=O)cc1C(=O)N1CCC[C@@H]1[C@@H]1CCCC[C@@]1(C)O. The molecular formula is C18H27N3O3. The number of nitrogens with two attached hydrogens (primary N) is 1. The molecular weight excluding hydrogens is 306 g/mol. The van der Waals surface area contributed by atoms with E-state index < -0.39 is 11.5 Å². The summed E-state index contributed by atoms with van der Waals surface area (Å²) in [6.45, 7) is 2.61. The van der Waals surface area contributed by atoms with Gasteiger partial charge in [0.25, 0.3) is 5.91 Å². The number of amides is 2. The molecule has 24 heavy (non-hydrogen) atoms. The van der Waals surface area contributed by atoms with E-state index in [1.165, 1.54) is 0 Å². The first-order chi connectivity index (χ1) is 11.3. The summed E-state index contributed by atoms with van der Waals surface area (Å²) >= 11 is 0. The molecule has 0 radical (unpaired) electrons. The van der Waals surface area contributed by atoms with Crippen LogP contribution in [0.4, 0.5) is 0 Å². The van der Waals surface area contributed by atoms with Crippen LogP contribution in [0, 0.1) is 5.92 Å². The third kappa shape index (κ3) is 2.95. The highest BCUT2D eigenvalue weighted by atomic mass is 16.3. The van der Waals surface area contributed by atoms with Gasteiger partial charge in [-0.25, -0.2) is 0 Å². The molecule has 2 fully saturated rings. The third-order valence-electron chi connectivity index (χ3n) is 5.78. The average Bonchev–Trinajstić information content (AvgIpc) is 3.13. The Balaban J connectivity index is 1.85. The minimum Gasteiger partial charge on any atom is -0.390 e. The number of nitrogens with zero attached hydrogens (tertiary/aromatic N) is 2. The maximum Gasteiger partial charge on any atom is 0.270 e. The van der Waals surface area contributed by atoms with Gasteiger partial charge < -0.3 is 20.3 Å². The lowest BCUT2D eigenvalue weighted by Crippen LogP contribution is -2.50. The molecule has 2 aliphatic rings. The van der Waals surface area contributed by atoms with Gasteiger partial charge >= 0.3 is 0 Å². The predicted molar refractivity (Wildman–Crippen MR) is 90.6 cm³/mol. The first-order valence-corrected chi connectivity index (χ1v) is 8.81. The van der Waals surface area contributed by atoms with E-state index in [1.807, 2.05) is 11.8 Å². The second kappa shape index (κ2) is 6.24. The molecule has 2 amide bonds. The molecule has 6 heteroatoms. The zero-order chi connectivity index (χ0) is 17.5. The van der Waals surface area contributed by atoms with E-state index in [0.717, 1.165) is 38.5 Å². The molecule has 1 aliphatic carbocycles. The molecule has 0 unspecified atom stereocenters. The highest BCUT2D eigenvalue weighted by Gasteiger charge is 2.45. The zero-order valence-corrected chi connectivity index (χ0v) is 14.5. The van der Waals surface area contributed by atoms with Crippen molar-refractivity contribution < 1.29 is 14.7 Å². The van der Waals surface area contributed by atoms with Gasteiger partial charge in [-0.1, -0.05) is 12.8 Å². The molecule has 0 spiro atoms. The molecule has 1 aromatic heterocycles. The Labute approximate surface area is 142 Å². The van der Waals surface area contributed by atoms with E-state index in [-0.39, 0.29) is 17.9 Å². The van der Waals surface area contributed by atoms with Gasteiger partial charge in [0.15, 0.2) is 0 Å². The Morgan fingerprint density at radius 3 is 2.67 bits per heavy atom. The Bertz CT molecular complexity index is 650. The van der Waals surface area contributed by atoms with Crippen LogP contribution in [0.3, 0.4) is 0 Å². The van der Waals surface area contributed by atoms with Gasteiger partial charge in [-0.2, -0.15) is 0 Å². The first-order valence-electron chi connectivity index (χ1n) is 8.81. The van der Waals surface area contributed by atoms with E-state index in [4.69, 9.17) is 5.73 Å². The summed E-state index contributed by atoms with van der Waals surface area (Å²) in [5, 5.41) is 10.8. The summed E-state index contributed by atoms with van der Waals surface area (Å²) in [6.07, 6.45) is 7.39. The quantitative estimate of drug-likeness (QED) is 0.882. The van der Waals surface area contributed by atoms with Gasteiger partial charge in [0.05, 0.1) is 11.2 Å². The molecule has 0 aromatic carbocycles. The van der Waals surface area contributed by atoms with Crippen molar-refractivity contribution in [1.29, 1.82) is 0 Å². The van der Waals surface area contributed by atoms with Crippen molar-refractivity contribution >= 4 is 11.8 Å². The molecule has 3 rings (SSSR count). The number of carbonyl (C=O) groups excluding carboxylic acids is 2. The van der Waals surface area contributed by atoms with Crippen molar-refractivity contribution in [3.8, 4) is 0 Å². The number of aliphatic hydroxyl groups is 1. The Hall–Kier alpha value is -1.82. The summed E-state index contributed by atoms with van der Waals surface area (Å²) in [5.41, 5.74) is 5.44. The number of rotatable bonds is 3. The van der Waals surface area contributed by atoms with Crippen LogP contribution in [0.1, 0.15) is 66.3 Å². The number of likely N-dealkylation sites (tertiary alicyclic amines) is 1. The number of primary amides is 1. The molecule has 2 heterocycles. The van der Waals surface area contributed by atoms with E-state index in [2.05, 4.69) is 0 Å². The van der Waals surface area contributed by atoms with Crippen molar-refractivity contribution in [2.24, 2.45) is 18.7 Å². The smallest absolute Gasteiger partial charge is 0.270 e. The first kappa shape index (κ1) is 17.0. The highest BCUT2D eigenvalue weighted by Crippen LogP contribution is 2.41. The van der Waals surface area contributed by atoms with Crippen LogP contribution in [-0.4, -0.2) is 44.6 Å². The van der Waals surface area contributed by atoms with Gasteiger partial charge in [-0.05, 0) is 38.7 Å². The van der Waals surface area contributed by atoms with Crippen LogP contribution in [0.15, 0.2) is 12.3 Å². The molecule has 3 atom stereocenters. The van der Waals surface area contributed by atoms with Crippen LogP contribution in [-0.2, 0) is 7.05 Å². The molecule has 1 aliphatic heterocycles. The normalized spacial score (nSPS) is 30.5. The minimum absolute atomic E-state index is 0.0692. The second-order valence-corrected chi connectivity index (χ2v) is 7.51. The van der Waals surface area contributed by atoms with Gasteiger partial charge in [0.1, 0.15) is 5.69 Å². The van der Waals surface area contributed by atoms with E-state index >= 15 is 0 Å². The van der Waals surface area contributed by atoms with E-state index in [0.29, 0.717) is 17.8 Å². The maximum absolute atomic E-state index is 13.0. The zero-order valence-electron chi connectivity index (χ0n) is 14.5. The fourth-order valence-electron chi connectivity index (χ4n) is 4.47. The lowest BCUT2D eigenvalue weighted by atomic mass is 9.72. The average molecular weight is 333 g/mol. The van der Waals surface area contributed by atoms with Gasteiger partial charge in [-0.3, -0.25) is 9.59 Å². The predicted octanol–water partition coefficient (Wildman–Crippen LogP) is 1.67. The minimum atomic E-state index is -0.710. The Morgan fingerprint density at radius 1 is 1.29 bits per heavy atom. The molecule has 1 saturated heterocycles. The Morgan fingerprint density at radius 2 is 2.04 bits per heavy atom. The fourth-order valence-corrected chi connectivity index (χ4v) is 4.47. The van der Waals surface area contributed by atoms with Crippen molar-refractivity contribution in [2.75, 3.05) is 6.54 Å². The lowest BCUT2D eigenvalue weighted by molar-refractivity contribution is -0.0578. The van der Waals surface area contributed by atoms with Crippen LogP contribution in [0.2, 0.25) is 0 Å². The summed E-state index contributed by atoms with van der Waals surface area (Å²) in [7, 11) is 1.75. The summed E-state index contributed by atoms with van der Waals surface area (Å²) in [5.74, 6) is -0.486. The monoisotopic (exact) mass is 333 g/mol. The van der Waals surface area contributed by atoms with Crippen LogP contribution < -0.4 is 5.73 Å². The van der Waals surface area contributed by atoms with E-state index in [9.17, 15) is 14.7 Å². The molecule has 132 valence electrons. The molecule has 6 nitrogen and oxygen atoms in total. The van der Waals surface area contributed by atoms with Gasteiger partial charge in [0, 0.05) is 31.7 Å². The van der Waals surface area contributed by atoms with Crippen molar-refractivity contribution in [3.05, 3.63) is 23.5 Å². The molecule has 0 bridgehead atoms. The second-order valence-electron chi connectivity index (χ2n) is 7.51. The molecule has 1 aromatic rings. The van der Waals surface area contributed by atoms with Crippen LogP contribution in [0.25, 0.3) is 0 Å². The molecule has 1 saturated carbocycles. The Kier molecular flexibility index (Phi) is 4.42. The third-order valence-corrected chi connectivity index (χ3v) is 5.78. The number of carbonyl (C=O) groups is 2. The summed E-state index contributed by atoms with van der Waals surface area (Å²) in [6, 6.07) is 1.64. The standard InChI is InChI=1S/C18H27N3O3/c1-18(24)8-4-3-6-13(18)14-7-5-9-21(14)17(23)15-10-12(16(19)22)11-20(15)2/h10-11,13-14,24H,3-9H2,1-2H3,(H2,19,22)/t13-,14+,18+/m0/s1. The fraction of sp³-hybridized carbons (Fsp3) is 0.667. The number of hydrogen-bond donors (Lipinski definition) is 2.